The molecule has 0 aliphatic heterocycles. The van der Waals surface area contributed by atoms with E-state index in [9.17, 15) is 13.2 Å². The van der Waals surface area contributed by atoms with Gasteiger partial charge in [0.05, 0.1) is 18.5 Å². The zero-order valence-electron chi connectivity index (χ0n) is 18.9. The number of carbonyl (C=O) groups excluding carboxylic acids is 1. The lowest BCUT2D eigenvalue weighted by molar-refractivity contribution is -0.121. The molecule has 33 heavy (non-hydrogen) atoms. The van der Waals surface area contributed by atoms with Crippen LogP contribution in [0.1, 0.15) is 12.5 Å². The Balaban J connectivity index is 1.62. The number of rotatable bonds is 10. The van der Waals surface area contributed by atoms with Crippen molar-refractivity contribution in [3.8, 4) is 17.2 Å². The largest absolute Gasteiger partial charge is 0.492 e. The van der Waals surface area contributed by atoms with Crippen LogP contribution in [0.15, 0.2) is 78.9 Å². The zero-order chi connectivity index (χ0) is 23.8. The second-order valence-corrected chi connectivity index (χ2v) is 9.46. The SMILES string of the molecule is Cc1cccc(OCCNC(=O)C(C)N(c2ccc(Oc3ccccc3)cc2)S(C)(=O)=O)c1. The highest BCUT2D eigenvalue weighted by Crippen LogP contribution is 2.26. The highest BCUT2D eigenvalue weighted by molar-refractivity contribution is 7.92. The van der Waals surface area contributed by atoms with Crippen LogP contribution in [-0.4, -0.2) is 39.8 Å². The standard InChI is InChI=1S/C25H28N2O5S/c1-19-8-7-11-24(18-19)31-17-16-26-25(28)20(2)27(33(3,29)30)21-12-14-23(15-13-21)32-22-9-5-4-6-10-22/h4-15,18,20H,16-17H2,1-3H3,(H,26,28). The highest BCUT2D eigenvalue weighted by atomic mass is 32.2. The van der Waals surface area contributed by atoms with E-state index in [4.69, 9.17) is 9.47 Å². The van der Waals surface area contributed by atoms with Crippen LogP contribution in [0.5, 0.6) is 17.2 Å². The Labute approximate surface area is 195 Å². The number of hydrogen-bond acceptors (Lipinski definition) is 5. The molecule has 3 aromatic carbocycles. The van der Waals surface area contributed by atoms with Gasteiger partial charge in [0.2, 0.25) is 15.9 Å². The zero-order valence-corrected chi connectivity index (χ0v) is 19.7. The second-order valence-electron chi connectivity index (χ2n) is 7.60. The number of para-hydroxylation sites is 1. The molecular weight excluding hydrogens is 440 g/mol. The third-order valence-electron chi connectivity index (χ3n) is 4.82. The predicted molar refractivity (Wildman–Crippen MR) is 129 cm³/mol. The molecule has 0 spiro atoms. The van der Waals surface area contributed by atoms with Crippen LogP contribution >= 0.6 is 0 Å². The first-order valence-electron chi connectivity index (χ1n) is 10.5. The molecule has 0 aliphatic carbocycles. The highest BCUT2D eigenvalue weighted by Gasteiger charge is 2.29. The predicted octanol–water partition coefficient (Wildman–Crippen LogP) is 4.14. The summed E-state index contributed by atoms with van der Waals surface area (Å²) in [6.07, 6.45) is 1.08. The number of anilines is 1. The Bertz CT molecular complexity index is 1160. The molecule has 1 atom stereocenters. The first-order valence-corrected chi connectivity index (χ1v) is 12.4. The Kier molecular flexibility index (Phi) is 7.95. The van der Waals surface area contributed by atoms with Crippen molar-refractivity contribution in [3.63, 3.8) is 0 Å². The third-order valence-corrected chi connectivity index (χ3v) is 6.06. The van der Waals surface area contributed by atoms with Gasteiger partial charge in [0, 0.05) is 0 Å². The molecule has 3 aromatic rings. The molecule has 0 heterocycles. The van der Waals surface area contributed by atoms with Gasteiger partial charge >= 0.3 is 0 Å². The summed E-state index contributed by atoms with van der Waals surface area (Å²) in [7, 11) is -3.71. The monoisotopic (exact) mass is 468 g/mol. The van der Waals surface area contributed by atoms with Gasteiger partial charge < -0.3 is 14.8 Å². The molecule has 0 saturated heterocycles. The minimum absolute atomic E-state index is 0.249. The van der Waals surface area contributed by atoms with E-state index in [1.807, 2.05) is 61.5 Å². The molecule has 0 aromatic heterocycles. The summed E-state index contributed by atoms with van der Waals surface area (Å²) in [6, 6.07) is 22.5. The molecular formula is C25H28N2O5S. The van der Waals surface area contributed by atoms with E-state index in [0.717, 1.165) is 16.1 Å². The van der Waals surface area contributed by atoms with Crippen molar-refractivity contribution in [2.75, 3.05) is 23.7 Å². The van der Waals surface area contributed by atoms with Crippen molar-refractivity contribution in [2.45, 2.75) is 19.9 Å². The van der Waals surface area contributed by atoms with E-state index in [1.54, 1.807) is 31.2 Å². The topological polar surface area (TPSA) is 84.9 Å². The van der Waals surface area contributed by atoms with Crippen molar-refractivity contribution < 1.29 is 22.7 Å². The smallest absolute Gasteiger partial charge is 0.243 e. The fraction of sp³-hybridized carbons (Fsp3) is 0.240. The number of benzene rings is 3. The van der Waals surface area contributed by atoms with Crippen LogP contribution in [-0.2, 0) is 14.8 Å². The van der Waals surface area contributed by atoms with Gasteiger partial charge in [0.15, 0.2) is 0 Å². The van der Waals surface area contributed by atoms with Crippen molar-refractivity contribution in [1.82, 2.24) is 5.32 Å². The maximum Gasteiger partial charge on any atom is 0.243 e. The summed E-state index contributed by atoms with van der Waals surface area (Å²) in [5, 5.41) is 2.74. The molecule has 0 radical (unpaired) electrons. The van der Waals surface area contributed by atoms with E-state index >= 15 is 0 Å². The molecule has 8 heteroatoms. The Hall–Kier alpha value is -3.52. The number of ether oxygens (including phenoxy) is 2. The van der Waals surface area contributed by atoms with Crippen LogP contribution in [0.4, 0.5) is 5.69 Å². The normalized spacial score (nSPS) is 12.0. The number of amides is 1. The van der Waals surface area contributed by atoms with E-state index < -0.39 is 22.0 Å². The molecule has 1 unspecified atom stereocenters. The second kappa shape index (κ2) is 10.9. The van der Waals surface area contributed by atoms with Crippen LogP contribution in [0.25, 0.3) is 0 Å². The van der Waals surface area contributed by atoms with Crippen molar-refractivity contribution in [2.24, 2.45) is 0 Å². The van der Waals surface area contributed by atoms with Crippen molar-refractivity contribution in [3.05, 3.63) is 84.4 Å². The summed E-state index contributed by atoms with van der Waals surface area (Å²) in [5.74, 6) is 1.53. The Morgan fingerprint density at radius 1 is 0.939 bits per heavy atom. The summed E-state index contributed by atoms with van der Waals surface area (Å²) in [6.45, 7) is 4.04. The maximum absolute atomic E-state index is 12.7. The quantitative estimate of drug-likeness (QED) is 0.452. The molecule has 174 valence electrons. The van der Waals surface area contributed by atoms with Gasteiger partial charge in [-0.15, -0.1) is 0 Å². The molecule has 3 rings (SSSR count). The minimum atomic E-state index is -3.71. The minimum Gasteiger partial charge on any atom is -0.492 e. The lowest BCUT2D eigenvalue weighted by atomic mass is 10.2. The van der Waals surface area contributed by atoms with Crippen LogP contribution in [0.2, 0.25) is 0 Å². The average Bonchev–Trinajstić information content (AvgIpc) is 2.78. The number of aryl methyl sites for hydroxylation is 1. The number of nitrogens with zero attached hydrogens (tertiary/aromatic N) is 1. The number of carbonyl (C=O) groups is 1. The van der Waals surface area contributed by atoms with Gasteiger partial charge in [-0.2, -0.15) is 0 Å². The van der Waals surface area contributed by atoms with Crippen LogP contribution in [0.3, 0.4) is 0 Å². The van der Waals surface area contributed by atoms with E-state index in [0.29, 0.717) is 22.9 Å². The lowest BCUT2D eigenvalue weighted by Gasteiger charge is -2.28. The molecule has 0 fully saturated rings. The average molecular weight is 469 g/mol. The van der Waals surface area contributed by atoms with Crippen molar-refractivity contribution in [1.29, 1.82) is 0 Å². The fourth-order valence-corrected chi connectivity index (χ4v) is 4.47. The number of sulfonamides is 1. The molecule has 1 N–H and O–H groups in total. The van der Waals surface area contributed by atoms with E-state index in [2.05, 4.69) is 5.32 Å². The van der Waals surface area contributed by atoms with Gasteiger partial charge in [0.1, 0.15) is 29.9 Å². The molecule has 0 aliphatic rings. The Morgan fingerprint density at radius 2 is 1.58 bits per heavy atom. The Morgan fingerprint density at radius 3 is 2.21 bits per heavy atom. The maximum atomic E-state index is 12.7. The number of hydrogen-bond donors (Lipinski definition) is 1. The summed E-state index contributed by atoms with van der Waals surface area (Å²) >= 11 is 0. The van der Waals surface area contributed by atoms with Gasteiger partial charge in [-0.1, -0.05) is 30.3 Å². The molecule has 1 amide bonds. The van der Waals surface area contributed by atoms with E-state index in [-0.39, 0.29) is 13.2 Å². The van der Waals surface area contributed by atoms with Crippen LogP contribution < -0.4 is 19.1 Å². The first-order chi connectivity index (χ1) is 15.7. The van der Waals surface area contributed by atoms with Crippen molar-refractivity contribution >= 4 is 21.6 Å². The van der Waals surface area contributed by atoms with E-state index in [1.165, 1.54) is 0 Å². The summed E-state index contributed by atoms with van der Waals surface area (Å²) in [5.41, 5.74) is 1.45. The number of nitrogens with one attached hydrogen (secondary N) is 1. The third kappa shape index (κ3) is 6.98. The summed E-state index contributed by atoms with van der Waals surface area (Å²) in [4.78, 5) is 12.7. The van der Waals surface area contributed by atoms with Gasteiger partial charge in [0.25, 0.3) is 0 Å². The van der Waals surface area contributed by atoms with Gasteiger partial charge in [-0.25, -0.2) is 8.42 Å². The molecule has 0 saturated carbocycles. The fourth-order valence-electron chi connectivity index (χ4n) is 3.29. The molecule has 0 bridgehead atoms. The molecule has 7 nitrogen and oxygen atoms in total. The first kappa shape index (κ1) is 24.1. The van der Waals surface area contributed by atoms with Gasteiger partial charge in [-0.3, -0.25) is 9.10 Å². The lowest BCUT2D eigenvalue weighted by Crippen LogP contribution is -2.48. The van der Waals surface area contributed by atoms with Gasteiger partial charge in [-0.05, 0) is 67.9 Å². The van der Waals surface area contributed by atoms with Crippen LogP contribution in [0, 0.1) is 6.92 Å². The summed E-state index contributed by atoms with van der Waals surface area (Å²) < 4.78 is 37.5.